The van der Waals surface area contributed by atoms with Crippen LogP contribution in [0.15, 0.2) is 18.2 Å². The van der Waals surface area contributed by atoms with Crippen LogP contribution in [0.2, 0.25) is 0 Å². The molecule has 0 bridgehead atoms. The SMILES string of the molecule is CC1CNCC(COc2cccc(F)c2C#N)O1. The second-order valence-corrected chi connectivity index (χ2v) is 4.26. The van der Waals surface area contributed by atoms with Crippen molar-refractivity contribution in [1.82, 2.24) is 5.32 Å². The maximum Gasteiger partial charge on any atom is 0.144 e. The van der Waals surface area contributed by atoms with Crippen LogP contribution in [0.5, 0.6) is 5.75 Å². The highest BCUT2D eigenvalue weighted by molar-refractivity contribution is 5.43. The summed E-state index contributed by atoms with van der Waals surface area (Å²) >= 11 is 0. The summed E-state index contributed by atoms with van der Waals surface area (Å²) in [6, 6.07) is 6.15. The molecular formula is C13H15FN2O2. The molecule has 5 heteroatoms. The van der Waals surface area contributed by atoms with Gasteiger partial charge in [-0.25, -0.2) is 4.39 Å². The Balaban J connectivity index is 1.98. The van der Waals surface area contributed by atoms with E-state index in [0.29, 0.717) is 13.2 Å². The van der Waals surface area contributed by atoms with E-state index in [2.05, 4.69) is 5.32 Å². The first-order valence-corrected chi connectivity index (χ1v) is 5.88. The number of nitrogens with one attached hydrogen (secondary N) is 1. The lowest BCUT2D eigenvalue weighted by Crippen LogP contribution is -2.45. The Morgan fingerprint density at radius 2 is 2.39 bits per heavy atom. The summed E-state index contributed by atoms with van der Waals surface area (Å²) in [5, 5.41) is 12.1. The number of nitriles is 1. The lowest BCUT2D eigenvalue weighted by atomic mass is 10.2. The number of halogens is 1. The molecular weight excluding hydrogens is 235 g/mol. The summed E-state index contributed by atoms with van der Waals surface area (Å²) in [5.41, 5.74) is -0.0608. The Bertz CT molecular complexity index is 459. The molecule has 1 aliphatic heterocycles. The normalized spacial score (nSPS) is 23.4. The molecule has 0 aromatic heterocycles. The third kappa shape index (κ3) is 2.97. The lowest BCUT2D eigenvalue weighted by Gasteiger charge is -2.28. The third-order valence-electron chi connectivity index (χ3n) is 2.74. The molecule has 2 unspecified atom stereocenters. The van der Waals surface area contributed by atoms with E-state index in [4.69, 9.17) is 14.7 Å². The van der Waals surface area contributed by atoms with Crippen molar-refractivity contribution in [3.63, 3.8) is 0 Å². The molecule has 0 amide bonds. The molecule has 4 nitrogen and oxygen atoms in total. The number of morpholine rings is 1. The van der Waals surface area contributed by atoms with Gasteiger partial charge in [0.2, 0.25) is 0 Å². The van der Waals surface area contributed by atoms with Crippen molar-refractivity contribution in [2.45, 2.75) is 19.1 Å². The summed E-state index contributed by atoms with van der Waals surface area (Å²) in [4.78, 5) is 0. The molecule has 1 aromatic carbocycles. The van der Waals surface area contributed by atoms with E-state index in [1.807, 2.05) is 6.92 Å². The van der Waals surface area contributed by atoms with Crippen molar-refractivity contribution < 1.29 is 13.9 Å². The number of hydrogen-bond acceptors (Lipinski definition) is 4. The molecule has 0 saturated carbocycles. The van der Waals surface area contributed by atoms with Gasteiger partial charge in [0.25, 0.3) is 0 Å². The van der Waals surface area contributed by atoms with Gasteiger partial charge in [0.05, 0.1) is 6.10 Å². The monoisotopic (exact) mass is 250 g/mol. The fraction of sp³-hybridized carbons (Fsp3) is 0.462. The number of rotatable bonds is 3. The zero-order chi connectivity index (χ0) is 13.0. The smallest absolute Gasteiger partial charge is 0.144 e. The van der Waals surface area contributed by atoms with E-state index in [-0.39, 0.29) is 23.5 Å². The van der Waals surface area contributed by atoms with Gasteiger partial charge < -0.3 is 14.8 Å². The van der Waals surface area contributed by atoms with Gasteiger partial charge in [-0.3, -0.25) is 0 Å². The Morgan fingerprint density at radius 1 is 1.56 bits per heavy atom. The predicted molar refractivity (Wildman–Crippen MR) is 63.8 cm³/mol. The molecule has 0 spiro atoms. The molecule has 0 aliphatic carbocycles. The van der Waals surface area contributed by atoms with Crippen molar-refractivity contribution in [2.24, 2.45) is 0 Å². The van der Waals surface area contributed by atoms with Crippen LogP contribution in [0.1, 0.15) is 12.5 Å². The molecule has 2 rings (SSSR count). The lowest BCUT2D eigenvalue weighted by molar-refractivity contribution is -0.0471. The Labute approximate surface area is 105 Å². The van der Waals surface area contributed by atoms with Crippen LogP contribution in [-0.4, -0.2) is 31.9 Å². The molecule has 1 aliphatic rings. The summed E-state index contributed by atoms with van der Waals surface area (Å²) < 4.78 is 24.4. The van der Waals surface area contributed by atoms with Crippen LogP contribution in [0.25, 0.3) is 0 Å². The van der Waals surface area contributed by atoms with Crippen LogP contribution >= 0.6 is 0 Å². The van der Waals surface area contributed by atoms with Crippen molar-refractivity contribution in [3.8, 4) is 11.8 Å². The minimum Gasteiger partial charge on any atom is -0.489 e. The van der Waals surface area contributed by atoms with Crippen LogP contribution in [0, 0.1) is 17.1 Å². The van der Waals surface area contributed by atoms with Crippen molar-refractivity contribution in [3.05, 3.63) is 29.6 Å². The van der Waals surface area contributed by atoms with Crippen molar-refractivity contribution >= 4 is 0 Å². The Kier molecular flexibility index (Phi) is 4.13. The second-order valence-electron chi connectivity index (χ2n) is 4.26. The van der Waals surface area contributed by atoms with E-state index in [1.54, 1.807) is 12.1 Å². The highest BCUT2D eigenvalue weighted by atomic mass is 19.1. The highest BCUT2D eigenvalue weighted by Crippen LogP contribution is 2.20. The van der Waals surface area contributed by atoms with E-state index in [0.717, 1.165) is 6.54 Å². The van der Waals surface area contributed by atoms with E-state index >= 15 is 0 Å². The molecule has 2 atom stereocenters. The summed E-state index contributed by atoms with van der Waals surface area (Å²) in [7, 11) is 0. The molecule has 18 heavy (non-hydrogen) atoms. The van der Waals surface area contributed by atoms with Gasteiger partial charge >= 0.3 is 0 Å². The molecule has 0 radical (unpaired) electrons. The quantitative estimate of drug-likeness (QED) is 0.882. The first-order chi connectivity index (χ1) is 8.70. The zero-order valence-electron chi connectivity index (χ0n) is 10.1. The van der Waals surface area contributed by atoms with Gasteiger partial charge in [0.15, 0.2) is 0 Å². The first-order valence-electron chi connectivity index (χ1n) is 5.88. The molecule has 1 aromatic rings. The maximum absolute atomic E-state index is 13.3. The minimum atomic E-state index is -0.564. The van der Waals surface area contributed by atoms with Gasteiger partial charge in [-0.1, -0.05) is 6.07 Å². The zero-order valence-corrected chi connectivity index (χ0v) is 10.1. The molecule has 1 N–H and O–H groups in total. The minimum absolute atomic E-state index is 0.0608. The first kappa shape index (κ1) is 12.8. The average Bonchev–Trinajstić information content (AvgIpc) is 2.36. The van der Waals surface area contributed by atoms with Crippen LogP contribution < -0.4 is 10.1 Å². The van der Waals surface area contributed by atoms with Crippen molar-refractivity contribution in [1.29, 1.82) is 5.26 Å². The topological polar surface area (TPSA) is 54.3 Å². The summed E-state index contributed by atoms with van der Waals surface area (Å²) in [5.74, 6) is -0.301. The van der Waals surface area contributed by atoms with E-state index in [1.165, 1.54) is 12.1 Å². The largest absolute Gasteiger partial charge is 0.489 e. The fourth-order valence-electron chi connectivity index (χ4n) is 1.89. The highest BCUT2D eigenvalue weighted by Gasteiger charge is 2.20. The van der Waals surface area contributed by atoms with Gasteiger partial charge in [-0.05, 0) is 19.1 Å². The van der Waals surface area contributed by atoms with E-state index < -0.39 is 5.82 Å². The molecule has 1 fully saturated rings. The Morgan fingerprint density at radius 3 is 3.11 bits per heavy atom. The number of nitrogens with zero attached hydrogens (tertiary/aromatic N) is 1. The van der Waals surface area contributed by atoms with E-state index in [9.17, 15) is 4.39 Å². The summed E-state index contributed by atoms with van der Waals surface area (Å²) in [6.07, 6.45) is 0.0545. The Hall–Kier alpha value is -1.64. The number of ether oxygens (including phenoxy) is 2. The predicted octanol–water partition coefficient (Wildman–Crippen LogP) is 1.45. The number of benzene rings is 1. The molecule has 1 heterocycles. The van der Waals surface area contributed by atoms with Gasteiger partial charge in [0.1, 0.15) is 35.9 Å². The molecule has 96 valence electrons. The standard InChI is InChI=1S/C13H15FN2O2/c1-9-6-16-7-10(18-9)8-17-13-4-2-3-12(14)11(13)5-15/h2-4,9-10,16H,6-8H2,1H3. The van der Waals surface area contributed by atoms with Gasteiger partial charge in [-0.2, -0.15) is 5.26 Å². The maximum atomic E-state index is 13.3. The fourth-order valence-corrected chi connectivity index (χ4v) is 1.89. The average molecular weight is 250 g/mol. The second kappa shape index (κ2) is 5.80. The molecule has 1 saturated heterocycles. The third-order valence-corrected chi connectivity index (χ3v) is 2.74. The van der Waals surface area contributed by atoms with Crippen molar-refractivity contribution in [2.75, 3.05) is 19.7 Å². The van der Waals surface area contributed by atoms with Crippen LogP contribution in [-0.2, 0) is 4.74 Å². The number of hydrogen-bond donors (Lipinski definition) is 1. The van der Waals surface area contributed by atoms with Crippen LogP contribution in [0.4, 0.5) is 4.39 Å². The van der Waals surface area contributed by atoms with Crippen LogP contribution in [0.3, 0.4) is 0 Å². The summed E-state index contributed by atoms with van der Waals surface area (Å²) in [6.45, 7) is 3.79. The van der Waals surface area contributed by atoms with Gasteiger partial charge in [-0.15, -0.1) is 0 Å². The van der Waals surface area contributed by atoms with Gasteiger partial charge in [0, 0.05) is 13.1 Å².